The fourth-order valence-electron chi connectivity index (χ4n) is 6.05. The minimum atomic E-state index is -0.210. The molecule has 0 bridgehead atoms. The van der Waals surface area contributed by atoms with E-state index in [1.54, 1.807) is 12.1 Å². The lowest BCUT2D eigenvalue weighted by atomic mass is 9.81. The predicted octanol–water partition coefficient (Wildman–Crippen LogP) is 5.99. The minimum absolute atomic E-state index is 0.172. The lowest BCUT2D eigenvalue weighted by molar-refractivity contribution is 0.265. The van der Waals surface area contributed by atoms with Crippen molar-refractivity contribution in [2.45, 2.75) is 70.6 Å². The number of rotatable bonds is 8. The first kappa shape index (κ1) is 26.5. The van der Waals surface area contributed by atoms with Crippen LogP contribution in [0.25, 0.3) is 27.6 Å². The van der Waals surface area contributed by atoms with Crippen LogP contribution in [0, 0.1) is 5.82 Å². The van der Waals surface area contributed by atoms with Gasteiger partial charge in [-0.1, -0.05) is 6.07 Å². The predicted molar refractivity (Wildman–Crippen MR) is 158 cm³/mol. The molecule has 0 unspecified atom stereocenters. The summed E-state index contributed by atoms with van der Waals surface area (Å²) in [6.45, 7) is 5.76. The minimum Gasteiger partial charge on any atom is -0.314 e. The summed E-state index contributed by atoms with van der Waals surface area (Å²) in [7, 11) is 2.08. The summed E-state index contributed by atoms with van der Waals surface area (Å²) in [6, 6.07) is 14.1. The largest absolute Gasteiger partial charge is 0.323 e. The van der Waals surface area contributed by atoms with Gasteiger partial charge in [0.2, 0.25) is 0 Å². The molecule has 1 fully saturated rings. The van der Waals surface area contributed by atoms with Crippen LogP contribution in [0.15, 0.2) is 65.8 Å². The molecule has 3 aromatic heterocycles. The van der Waals surface area contributed by atoms with Gasteiger partial charge in [-0.3, -0.25) is 9.88 Å². The Kier molecular flexibility index (Phi) is 7.29. The van der Waals surface area contributed by atoms with Gasteiger partial charge in [0.15, 0.2) is 0 Å². The van der Waals surface area contributed by atoms with Crippen LogP contribution in [0.4, 0.5) is 4.39 Å². The average Bonchev–Trinajstić information content (AvgIpc) is 3.52. The smallest absolute Gasteiger partial charge is 0.314 e. The van der Waals surface area contributed by atoms with E-state index in [-0.39, 0.29) is 11.5 Å². The zero-order valence-corrected chi connectivity index (χ0v) is 23.4. The van der Waals surface area contributed by atoms with Gasteiger partial charge in [-0.15, -0.1) is 0 Å². The second kappa shape index (κ2) is 11.0. The standard InChI is InChI=1S/C32H37FN6O/c1-20(2)38(3)18-23-15-24(33)7-11-30(23)39-19-27(26-12-13-34-17-31(26)39)22-5-8-25(9-6-22)35-16-21-4-10-28-29(14-21)37-32(40)36-28/h4,7,10-15,17,19-20,22,25,35H,5-6,8-9,16,18H2,1-3H3,(H2,36,37,40). The van der Waals surface area contributed by atoms with E-state index in [2.05, 4.69) is 69.0 Å². The van der Waals surface area contributed by atoms with E-state index >= 15 is 0 Å². The lowest BCUT2D eigenvalue weighted by Gasteiger charge is -2.29. The molecule has 0 aliphatic heterocycles. The highest BCUT2D eigenvalue weighted by atomic mass is 19.1. The van der Waals surface area contributed by atoms with E-state index < -0.39 is 0 Å². The first-order chi connectivity index (χ1) is 19.4. The van der Waals surface area contributed by atoms with E-state index in [0.717, 1.165) is 60.0 Å². The summed E-state index contributed by atoms with van der Waals surface area (Å²) in [5.74, 6) is 0.255. The van der Waals surface area contributed by atoms with Crippen LogP contribution >= 0.6 is 0 Å². The summed E-state index contributed by atoms with van der Waals surface area (Å²) in [5, 5.41) is 4.96. The highest BCUT2D eigenvalue weighted by Gasteiger charge is 2.26. The van der Waals surface area contributed by atoms with Gasteiger partial charge in [-0.2, -0.15) is 0 Å². The fraction of sp³-hybridized carbons (Fsp3) is 0.375. The Hall–Kier alpha value is -3.75. The van der Waals surface area contributed by atoms with Gasteiger partial charge >= 0.3 is 5.69 Å². The number of hydrogen-bond acceptors (Lipinski definition) is 4. The maximum atomic E-state index is 14.3. The van der Waals surface area contributed by atoms with E-state index in [0.29, 0.717) is 24.5 Å². The van der Waals surface area contributed by atoms with Crippen molar-refractivity contribution in [1.29, 1.82) is 0 Å². The van der Waals surface area contributed by atoms with Crippen LogP contribution in [-0.4, -0.2) is 43.6 Å². The van der Waals surface area contributed by atoms with Gasteiger partial charge in [0, 0.05) is 43.0 Å². The Labute approximate surface area is 233 Å². The molecule has 0 atom stereocenters. The van der Waals surface area contributed by atoms with E-state index in [1.807, 2.05) is 30.6 Å². The molecule has 208 valence electrons. The number of nitrogens with one attached hydrogen (secondary N) is 3. The first-order valence-electron chi connectivity index (χ1n) is 14.2. The van der Waals surface area contributed by atoms with Crippen LogP contribution < -0.4 is 11.0 Å². The number of benzene rings is 2. The number of fused-ring (bicyclic) bond motifs is 2. The van der Waals surface area contributed by atoms with Crippen molar-refractivity contribution in [3.8, 4) is 5.69 Å². The van der Waals surface area contributed by atoms with E-state index in [1.165, 1.54) is 16.5 Å². The van der Waals surface area contributed by atoms with Crippen LogP contribution in [0.3, 0.4) is 0 Å². The van der Waals surface area contributed by atoms with Gasteiger partial charge in [0.1, 0.15) is 5.82 Å². The van der Waals surface area contributed by atoms with Crippen molar-refractivity contribution >= 4 is 21.9 Å². The van der Waals surface area contributed by atoms with Gasteiger partial charge in [-0.05, 0) is 106 Å². The molecule has 3 heterocycles. The molecule has 5 aromatic rings. The number of aromatic nitrogens is 4. The van der Waals surface area contributed by atoms with Crippen LogP contribution in [0.5, 0.6) is 0 Å². The zero-order valence-electron chi connectivity index (χ0n) is 23.4. The summed E-state index contributed by atoms with van der Waals surface area (Å²) < 4.78 is 16.6. The molecule has 0 spiro atoms. The van der Waals surface area contributed by atoms with Crippen molar-refractivity contribution in [3.05, 3.63) is 94.0 Å². The van der Waals surface area contributed by atoms with Crippen LogP contribution in [-0.2, 0) is 13.1 Å². The van der Waals surface area contributed by atoms with Gasteiger partial charge in [0.25, 0.3) is 0 Å². The Morgan fingerprint density at radius 1 is 1.07 bits per heavy atom. The number of nitrogens with zero attached hydrogens (tertiary/aromatic N) is 3. The molecule has 1 aliphatic rings. The summed E-state index contributed by atoms with van der Waals surface area (Å²) in [6.07, 6.45) is 10.5. The first-order valence-corrected chi connectivity index (χ1v) is 14.2. The lowest BCUT2D eigenvalue weighted by Crippen LogP contribution is -2.32. The molecule has 3 N–H and O–H groups in total. The number of H-pyrrole nitrogens is 2. The molecular formula is C32H37FN6O. The molecule has 0 amide bonds. The number of hydrogen-bond donors (Lipinski definition) is 3. The second-order valence-electron chi connectivity index (χ2n) is 11.5. The molecule has 2 aromatic carbocycles. The molecular weight excluding hydrogens is 503 g/mol. The Bertz CT molecular complexity index is 1690. The summed E-state index contributed by atoms with van der Waals surface area (Å²) in [5.41, 5.74) is 7.07. The molecule has 8 heteroatoms. The van der Waals surface area contributed by atoms with Gasteiger partial charge < -0.3 is 19.9 Å². The maximum absolute atomic E-state index is 14.3. The maximum Gasteiger partial charge on any atom is 0.323 e. The Morgan fingerprint density at radius 2 is 1.88 bits per heavy atom. The Balaban J connectivity index is 1.20. The van der Waals surface area contributed by atoms with Crippen molar-refractivity contribution < 1.29 is 4.39 Å². The number of aromatic amines is 2. The molecule has 0 saturated heterocycles. The third kappa shape index (κ3) is 5.33. The van der Waals surface area contributed by atoms with E-state index in [9.17, 15) is 9.18 Å². The number of imidazole rings is 1. The molecule has 1 aliphatic carbocycles. The normalized spacial score (nSPS) is 17.9. The van der Waals surface area contributed by atoms with Gasteiger partial charge in [0.05, 0.1) is 28.4 Å². The monoisotopic (exact) mass is 540 g/mol. The van der Waals surface area contributed by atoms with Crippen molar-refractivity contribution in [1.82, 2.24) is 29.7 Å². The molecule has 6 rings (SSSR count). The van der Waals surface area contributed by atoms with Gasteiger partial charge in [-0.25, -0.2) is 9.18 Å². The van der Waals surface area contributed by atoms with E-state index in [4.69, 9.17) is 0 Å². The number of pyridine rings is 1. The Morgan fingerprint density at radius 3 is 2.67 bits per heavy atom. The number of halogens is 1. The van der Waals surface area contributed by atoms with Crippen LogP contribution in [0.1, 0.15) is 62.1 Å². The van der Waals surface area contributed by atoms with Crippen LogP contribution in [0.2, 0.25) is 0 Å². The topological polar surface area (TPSA) is 81.7 Å². The third-order valence-corrected chi connectivity index (χ3v) is 8.58. The zero-order chi connectivity index (χ0) is 27.8. The molecule has 1 saturated carbocycles. The quantitative estimate of drug-likeness (QED) is 0.226. The highest BCUT2D eigenvalue weighted by Crippen LogP contribution is 2.39. The average molecular weight is 541 g/mol. The fourth-order valence-corrected chi connectivity index (χ4v) is 6.05. The summed E-state index contributed by atoms with van der Waals surface area (Å²) >= 11 is 0. The van der Waals surface area contributed by atoms with Crippen molar-refractivity contribution in [2.75, 3.05) is 7.05 Å². The molecule has 0 radical (unpaired) electrons. The third-order valence-electron chi connectivity index (χ3n) is 8.58. The second-order valence-corrected chi connectivity index (χ2v) is 11.5. The molecule has 40 heavy (non-hydrogen) atoms. The SMILES string of the molecule is CC(C)N(C)Cc1cc(F)ccc1-n1cc(C2CCC(NCc3ccc4[nH]c(=O)[nH]c4c3)CC2)c2ccncc21. The van der Waals surface area contributed by atoms with Crippen molar-refractivity contribution in [3.63, 3.8) is 0 Å². The molecule has 7 nitrogen and oxygen atoms in total. The summed E-state index contributed by atoms with van der Waals surface area (Å²) in [4.78, 5) is 23.9. The van der Waals surface area contributed by atoms with Crippen molar-refractivity contribution in [2.24, 2.45) is 0 Å². The highest BCUT2D eigenvalue weighted by molar-refractivity contribution is 5.85.